The summed E-state index contributed by atoms with van der Waals surface area (Å²) in [7, 11) is -3.79. The summed E-state index contributed by atoms with van der Waals surface area (Å²) in [6.07, 6.45) is 1.63. The molecule has 4 rings (SSSR count). The normalized spacial score (nSPS) is 16.5. The lowest BCUT2D eigenvalue weighted by Crippen LogP contribution is -2.47. The molecule has 1 saturated heterocycles. The van der Waals surface area contributed by atoms with Crippen molar-refractivity contribution < 1.29 is 18.4 Å². The van der Waals surface area contributed by atoms with E-state index in [0.717, 1.165) is 5.56 Å². The molecular weight excluding hydrogens is 503 g/mol. The van der Waals surface area contributed by atoms with Gasteiger partial charge in [0.1, 0.15) is 11.5 Å². The third kappa shape index (κ3) is 6.26. The fourth-order valence-electron chi connectivity index (χ4n) is 3.90. The van der Waals surface area contributed by atoms with Crippen molar-refractivity contribution in [2.75, 3.05) is 6.54 Å². The Hall–Kier alpha value is -2.60. The fourth-order valence-corrected chi connectivity index (χ4v) is 6.08. The van der Waals surface area contributed by atoms with Gasteiger partial charge in [0.2, 0.25) is 5.91 Å². The van der Waals surface area contributed by atoms with Gasteiger partial charge in [-0.2, -0.15) is 0 Å². The zero-order chi connectivity index (χ0) is 22.4. The van der Waals surface area contributed by atoms with E-state index in [1.165, 1.54) is 0 Å². The van der Waals surface area contributed by atoms with Crippen LogP contribution in [0, 0.1) is 0 Å². The standard InChI is InChI=1S/C25H27N2O4P.BrH/c26-23(19-20-11-4-1-5-12-20)25(28)27-18-10-17-24(27)32(29,30-21-13-6-2-7-14-21)31-22-15-8-3-9-16-22;/h1-9,11-16,23-24H,10,17-19,26H2;1H. The van der Waals surface area contributed by atoms with Crippen LogP contribution in [0.15, 0.2) is 91.0 Å². The van der Waals surface area contributed by atoms with Crippen LogP contribution in [0.1, 0.15) is 18.4 Å². The fraction of sp³-hybridized carbons (Fsp3) is 0.240. The van der Waals surface area contributed by atoms with E-state index in [0.29, 0.717) is 37.3 Å². The van der Waals surface area contributed by atoms with E-state index in [1.54, 1.807) is 53.4 Å². The molecule has 0 spiro atoms. The summed E-state index contributed by atoms with van der Waals surface area (Å²) in [4.78, 5) is 14.9. The molecule has 0 radical (unpaired) electrons. The van der Waals surface area contributed by atoms with Crippen molar-refractivity contribution in [2.45, 2.75) is 31.1 Å². The third-order valence-electron chi connectivity index (χ3n) is 5.44. The molecule has 2 unspecified atom stereocenters. The summed E-state index contributed by atoms with van der Waals surface area (Å²) >= 11 is 0. The molecule has 0 saturated carbocycles. The summed E-state index contributed by atoms with van der Waals surface area (Å²) in [5, 5.41) is 0. The first-order valence-corrected chi connectivity index (χ1v) is 12.4. The van der Waals surface area contributed by atoms with Gasteiger partial charge >= 0.3 is 7.60 Å². The van der Waals surface area contributed by atoms with Crippen LogP contribution < -0.4 is 14.8 Å². The second kappa shape index (κ2) is 11.5. The van der Waals surface area contributed by atoms with Crippen molar-refractivity contribution in [2.24, 2.45) is 5.73 Å². The van der Waals surface area contributed by atoms with Crippen LogP contribution in [0.25, 0.3) is 0 Å². The van der Waals surface area contributed by atoms with Crippen molar-refractivity contribution in [3.63, 3.8) is 0 Å². The molecule has 3 aromatic rings. The minimum Gasteiger partial charge on any atom is -0.415 e. The van der Waals surface area contributed by atoms with E-state index in [4.69, 9.17) is 14.8 Å². The average Bonchev–Trinajstić information content (AvgIpc) is 3.31. The quantitative estimate of drug-likeness (QED) is 0.392. The van der Waals surface area contributed by atoms with E-state index in [-0.39, 0.29) is 22.9 Å². The van der Waals surface area contributed by atoms with Gasteiger partial charge in [-0.25, -0.2) is 4.57 Å². The van der Waals surface area contributed by atoms with Crippen LogP contribution >= 0.6 is 24.6 Å². The van der Waals surface area contributed by atoms with E-state index in [9.17, 15) is 9.36 Å². The summed E-state index contributed by atoms with van der Waals surface area (Å²) in [5.41, 5.74) is 7.26. The number of likely N-dealkylation sites (tertiary alicyclic amines) is 1. The van der Waals surface area contributed by atoms with Crippen molar-refractivity contribution in [3.8, 4) is 11.5 Å². The molecule has 1 heterocycles. The number of nitrogens with zero attached hydrogens (tertiary/aromatic N) is 1. The van der Waals surface area contributed by atoms with Crippen molar-refractivity contribution in [1.82, 2.24) is 4.90 Å². The van der Waals surface area contributed by atoms with E-state index in [1.807, 2.05) is 42.5 Å². The molecule has 0 aliphatic carbocycles. The number of hydrogen-bond acceptors (Lipinski definition) is 5. The monoisotopic (exact) mass is 530 g/mol. The summed E-state index contributed by atoms with van der Waals surface area (Å²) in [6, 6.07) is 26.7. The number of carbonyl (C=O) groups is 1. The van der Waals surface area contributed by atoms with Gasteiger partial charge in [-0.1, -0.05) is 66.7 Å². The van der Waals surface area contributed by atoms with Gasteiger partial charge in [0.05, 0.1) is 6.04 Å². The predicted molar refractivity (Wildman–Crippen MR) is 135 cm³/mol. The topological polar surface area (TPSA) is 81.9 Å². The smallest absolute Gasteiger partial charge is 0.415 e. The van der Waals surface area contributed by atoms with Crippen molar-refractivity contribution in [1.29, 1.82) is 0 Å². The molecule has 1 fully saturated rings. The summed E-state index contributed by atoms with van der Waals surface area (Å²) in [6.45, 7) is 0.465. The van der Waals surface area contributed by atoms with Gasteiger partial charge in [0, 0.05) is 6.54 Å². The Bertz CT molecular complexity index is 1020. The largest absolute Gasteiger partial charge is 0.453 e. The molecular formula is C25H28BrN2O4P. The molecule has 174 valence electrons. The van der Waals surface area contributed by atoms with Crippen molar-refractivity contribution >= 4 is 30.5 Å². The first-order valence-electron chi connectivity index (χ1n) is 10.7. The molecule has 2 atom stereocenters. The lowest BCUT2D eigenvalue weighted by atomic mass is 10.1. The average molecular weight is 531 g/mol. The zero-order valence-electron chi connectivity index (χ0n) is 18.2. The molecule has 33 heavy (non-hydrogen) atoms. The van der Waals surface area contributed by atoms with Gasteiger partial charge in [0.15, 0.2) is 5.78 Å². The van der Waals surface area contributed by atoms with Gasteiger partial charge in [0.25, 0.3) is 0 Å². The molecule has 8 heteroatoms. The Balaban J connectivity index is 0.00000306. The highest BCUT2D eigenvalue weighted by Gasteiger charge is 2.48. The molecule has 2 N–H and O–H groups in total. The Morgan fingerprint density at radius 2 is 1.39 bits per heavy atom. The van der Waals surface area contributed by atoms with Gasteiger partial charge < -0.3 is 19.7 Å². The number of amides is 1. The maximum Gasteiger partial charge on any atom is 0.453 e. The highest BCUT2D eigenvalue weighted by atomic mass is 79.9. The number of hydrogen-bond donors (Lipinski definition) is 1. The van der Waals surface area contributed by atoms with Gasteiger partial charge in [-0.05, 0) is 49.1 Å². The first kappa shape index (κ1) is 25.0. The van der Waals surface area contributed by atoms with Crippen LogP contribution in [-0.2, 0) is 15.8 Å². The Labute approximate surface area is 205 Å². The Morgan fingerprint density at radius 3 is 1.91 bits per heavy atom. The van der Waals surface area contributed by atoms with Gasteiger partial charge in [-0.3, -0.25) is 4.79 Å². The highest BCUT2D eigenvalue weighted by molar-refractivity contribution is 8.93. The third-order valence-corrected chi connectivity index (χ3v) is 7.63. The number of nitrogens with two attached hydrogens (primary N) is 1. The Kier molecular flexibility index (Phi) is 8.73. The van der Waals surface area contributed by atoms with Crippen LogP contribution in [-0.4, -0.2) is 29.2 Å². The van der Waals surface area contributed by atoms with E-state index in [2.05, 4.69) is 0 Å². The minimum atomic E-state index is -3.79. The van der Waals surface area contributed by atoms with E-state index >= 15 is 0 Å². The van der Waals surface area contributed by atoms with Gasteiger partial charge in [-0.15, -0.1) is 17.0 Å². The number of benzene rings is 3. The molecule has 1 aliphatic rings. The highest BCUT2D eigenvalue weighted by Crippen LogP contribution is 2.57. The van der Waals surface area contributed by atoms with Crippen LogP contribution in [0.2, 0.25) is 0 Å². The summed E-state index contributed by atoms with van der Waals surface area (Å²) < 4.78 is 26.1. The maximum atomic E-state index is 14.2. The van der Waals surface area contributed by atoms with Crippen LogP contribution in [0.4, 0.5) is 0 Å². The second-order valence-electron chi connectivity index (χ2n) is 7.80. The molecule has 0 aromatic heterocycles. The Morgan fingerprint density at radius 1 is 0.909 bits per heavy atom. The number of rotatable bonds is 8. The molecule has 0 bridgehead atoms. The number of para-hydroxylation sites is 2. The lowest BCUT2D eigenvalue weighted by molar-refractivity contribution is -0.132. The number of halogens is 1. The van der Waals surface area contributed by atoms with Crippen LogP contribution in [0.5, 0.6) is 11.5 Å². The second-order valence-corrected chi connectivity index (χ2v) is 9.84. The predicted octanol–water partition coefficient (Wildman–Crippen LogP) is 5.43. The van der Waals surface area contributed by atoms with Crippen LogP contribution in [0.3, 0.4) is 0 Å². The van der Waals surface area contributed by atoms with Crippen molar-refractivity contribution in [3.05, 3.63) is 96.6 Å². The summed E-state index contributed by atoms with van der Waals surface area (Å²) in [5.74, 6) is -0.0959. The first-order chi connectivity index (χ1) is 15.5. The minimum absolute atomic E-state index is 0. The lowest BCUT2D eigenvalue weighted by Gasteiger charge is -2.32. The molecule has 1 aliphatic heterocycles. The molecule has 3 aromatic carbocycles. The number of carbonyl (C=O) groups excluding carboxylic acids is 1. The zero-order valence-corrected chi connectivity index (χ0v) is 20.8. The van der Waals surface area contributed by atoms with E-state index < -0.39 is 19.4 Å². The SMILES string of the molecule is Br.NC(Cc1ccccc1)C(=O)N1CCCC1P(=O)(Oc1ccccc1)Oc1ccccc1. The molecule has 6 nitrogen and oxygen atoms in total. The molecule has 1 amide bonds. The maximum absolute atomic E-state index is 14.2.